The van der Waals surface area contributed by atoms with E-state index in [-0.39, 0.29) is 17.9 Å². The van der Waals surface area contributed by atoms with Crippen molar-refractivity contribution in [2.24, 2.45) is 13.0 Å². The normalized spacial score (nSPS) is 20.4. The standard InChI is InChI=1S/C28H27F3N4O2/c1-3-34-23-13-12-20(28(29,30)31)17-24(23)35(21-10-5-4-6-11-21)27(37)25(26(34)36)19-9-7-8-18(16-19)22-14-15-32-33(22)2/h5,8,10-17,25H,3-4,6-7,9H2,1-2H3. The summed E-state index contributed by atoms with van der Waals surface area (Å²) in [6, 6.07) is 5.10. The summed E-state index contributed by atoms with van der Waals surface area (Å²) in [5.74, 6) is -2.14. The number of rotatable bonds is 4. The van der Waals surface area contributed by atoms with Crippen molar-refractivity contribution in [1.82, 2.24) is 9.78 Å². The lowest BCUT2D eigenvalue weighted by atomic mass is 9.86. The van der Waals surface area contributed by atoms with Gasteiger partial charge >= 0.3 is 6.18 Å². The van der Waals surface area contributed by atoms with Crippen molar-refractivity contribution in [1.29, 1.82) is 0 Å². The van der Waals surface area contributed by atoms with Gasteiger partial charge in [-0.15, -0.1) is 0 Å². The number of allylic oxidation sites excluding steroid dienone is 6. The van der Waals surface area contributed by atoms with Crippen LogP contribution < -0.4 is 9.80 Å². The van der Waals surface area contributed by atoms with Gasteiger partial charge in [0.05, 0.1) is 22.6 Å². The molecule has 1 aromatic heterocycles. The molecular weight excluding hydrogens is 481 g/mol. The number of hydrogen-bond acceptors (Lipinski definition) is 3. The van der Waals surface area contributed by atoms with Crippen molar-refractivity contribution in [2.75, 3.05) is 16.3 Å². The van der Waals surface area contributed by atoms with E-state index >= 15 is 0 Å². The van der Waals surface area contributed by atoms with Gasteiger partial charge in [0.25, 0.3) is 0 Å². The average Bonchev–Trinajstić information content (AvgIpc) is 3.28. The highest BCUT2D eigenvalue weighted by Gasteiger charge is 2.44. The van der Waals surface area contributed by atoms with Gasteiger partial charge in [-0.05, 0) is 74.1 Å². The molecule has 6 nitrogen and oxygen atoms in total. The fourth-order valence-corrected chi connectivity index (χ4v) is 5.20. The number of hydrogen-bond donors (Lipinski definition) is 0. The molecular formula is C28H27F3N4O2. The molecule has 2 aromatic rings. The third kappa shape index (κ3) is 4.43. The zero-order chi connectivity index (χ0) is 26.3. The predicted octanol–water partition coefficient (Wildman–Crippen LogP) is 5.79. The van der Waals surface area contributed by atoms with Crippen LogP contribution in [0, 0.1) is 5.92 Å². The Morgan fingerprint density at radius 2 is 1.84 bits per heavy atom. The van der Waals surface area contributed by atoms with Gasteiger partial charge in [-0.1, -0.05) is 24.3 Å². The van der Waals surface area contributed by atoms with Crippen molar-refractivity contribution in [3.05, 3.63) is 83.4 Å². The highest BCUT2D eigenvalue weighted by Crippen LogP contribution is 2.44. The number of amides is 2. The van der Waals surface area contributed by atoms with Crippen LogP contribution in [-0.4, -0.2) is 28.1 Å². The third-order valence-electron chi connectivity index (χ3n) is 6.99. The largest absolute Gasteiger partial charge is 0.416 e. The Kier molecular flexibility index (Phi) is 6.39. The van der Waals surface area contributed by atoms with Gasteiger partial charge < -0.3 is 4.90 Å². The van der Waals surface area contributed by atoms with Gasteiger partial charge in [-0.25, -0.2) is 0 Å². The summed E-state index contributed by atoms with van der Waals surface area (Å²) in [6.07, 6.45) is 8.99. The summed E-state index contributed by atoms with van der Waals surface area (Å²) in [4.78, 5) is 30.9. The van der Waals surface area contributed by atoms with Crippen LogP contribution in [0.3, 0.4) is 0 Å². The van der Waals surface area contributed by atoms with E-state index in [1.54, 1.807) is 23.9 Å². The third-order valence-corrected chi connectivity index (χ3v) is 6.99. The Balaban J connectivity index is 1.68. The van der Waals surface area contributed by atoms with Gasteiger partial charge in [-0.3, -0.25) is 19.2 Å². The molecule has 1 aromatic carbocycles. The molecule has 0 spiro atoms. The van der Waals surface area contributed by atoms with E-state index in [0.717, 1.165) is 29.8 Å². The minimum atomic E-state index is -4.60. The number of carbonyl (C=O) groups is 2. The van der Waals surface area contributed by atoms with Crippen LogP contribution in [0.4, 0.5) is 24.5 Å². The van der Waals surface area contributed by atoms with Crippen LogP contribution in [0.25, 0.3) is 5.57 Å². The second-order valence-electron chi connectivity index (χ2n) is 9.26. The zero-order valence-electron chi connectivity index (χ0n) is 20.6. The SMILES string of the molecule is CCN1C(=O)C(C2=CC(c3ccnn3C)=CCC2)C(=O)N(C2=CCCC=C2)c2cc(C(F)(F)F)ccc21. The Bertz CT molecular complexity index is 1380. The molecule has 0 saturated heterocycles. The van der Waals surface area contributed by atoms with Crippen LogP contribution in [0.5, 0.6) is 0 Å². The maximum atomic E-state index is 14.2. The van der Waals surface area contributed by atoms with Gasteiger partial charge in [0.1, 0.15) is 5.92 Å². The molecule has 192 valence electrons. The summed E-state index contributed by atoms with van der Waals surface area (Å²) in [5.41, 5.74) is 2.31. The summed E-state index contributed by atoms with van der Waals surface area (Å²) in [5, 5.41) is 4.22. The maximum absolute atomic E-state index is 14.2. The fraction of sp³-hybridized carbons (Fsp3) is 0.321. The molecule has 2 aliphatic carbocycles. The molecule has 0 radical (unpaired) electrons. The first-order chi connectivity index (χ1) is 17.7. The van der Waals surface area contributed by atoms with E-state index < -0.39 is 29.5 Å². The number of nitrogens with zero attached hydrogens (tertiary/aromatic N) is 4. The molecule has 0 N–H and O–H groups in total. The van der Waals surface area contributed by atoms with Crippen LogP contribution in [0.15, 0.2) is 72.1 Å². The number of benzene rings is 1. The van der Waals surface area contributed by atoms with Crippen molar-refractivity contribution in [2.45, 2.75) is 38.8 Å². The van der Waals surface area contributed by atoms with E-state index in [1.807, 2.05) is 37.4 Å². The van der Waals surface area contributed by atoms with Crippen LogP contribution in [-0.2, 0) is 22.8 Å². The minimum Gasteiger partial charge on any atom is -0.310 e. The Labute approximate surface area is 213 Å². The highest BCUT2D eigenvalue weighted by atomic mass is 19.4. The molecule has 0 saturated carbocycles. The second-order valence-corrected chi connectivity index (χ2v) is 9.26. The maximum Gasteiger partial charge on any atom is 0.416 e. The van der Waals surface area contributed by atoms with E-state index in [4.69, 9.17) is 0 Å². The summed E-state index contributed by atoms with van der Waals surface area (Å²) in [7, 11) is 1.82. The van der Waals surface area contributed by atoms with E-state index in [9.17, 15) is 22.8 Å². The first-order valence-corrected chi connectivity index (χ1v) is 12.3. The van der Waals surface area contributed by atoms with Crippen molar-refractivity contribution < 1.29 is 22.8 Å². The number of anilines is 2. The lowest BCUT2D eigenvalue weighted by Gasteiger charge is -2.28. The molecule has 1 aliphatic heterocycles. The molecule has 1 unspecified atom stereocenters. The number of aromatic nitrogens is 2. The summed E-state index contributed by atoms with van der Waals surface area (Å²) in [6.45, 7) is 1.97. The lowest BCUT2D eigenvalue weighted by molar-refractivity contribution is -0.137. The first-order valence-electron chi connectivity index (χ1n) is 12.3. The Hall–Kier alpha value is -3.88. The monoisotopic (exact) mass is 508 g/mol. The lowest BCUT2D eigenvalue weighted by Crippen LogP contribution is -2.43. The van der Waals surface area contributed by atoms with Gasteiger partial charge in [0.15, 0.2) is 0 Å². The first kappa shape index (κ1) is 24.8. The van der Waals surface area contributed by atoms with Crippen molar-refractivity contribution in [3.63, 3.8) is 0 Å². The van der Waals surface area contributed by atoms with Crippen LogP contribution >= 0.6 is 0 Å². The van der Waals surface area contributed by atoms with Gasteiger partial charge in [0, 0.05) is 25.5 Å². The number of aryl methyl sites for hydroxylation is 1. The molecule has 2 amide bonds. The number of carbonyl (C=O) groups excluding carboxylic acids is 2. The topological polar surface area (TPSA) is 58.4 Å². The molecule has 5 rings (SSSR count). The molecule has 2 heterocycles. The number of fused-ring (bicyclic) bond motifs is 1. The summed E-state index contributed by atoms with van der Waals surface area (Å²) < 4.78 is 42.9. The molecule has 37 heavy (non-hydrogen) atoms. The minimum absolute atomic E-state index is 0.0640. The number of halogens is 3. The molecule has 0 bridgehead atoms. The molecule has 9 heteroatoms. The second kappa shape index (κ2) is 9.53. The molecule has 0 fully saturated rings. The smallest absolute Gasteiger partial charge is 0.310 e. The van der Waals surface area contributed by atoms with Crippen molar-refractivity contribution in [3.8, 4) is 0 Å². The van der Waals surface area contributed by atoms with Gasteiger partial charge in [-0.2, -0.15) is 18.3 Å². The van der Waals surface area contributed by atoms with Crippen LogP contribution in [0.1, 0.15) is 43.9 Å². The van der Waals surface area contributed by atoms with E-state index in [2.05, 4.69) is 5.10 Å². The van der Waals surface area contributed by atoms with Crippen molar-refractivity contribution >= 4 is 28.8 Å². The van der Waals surface area contributed by atoms with Crippen LogP contribution in [0.2, 0.25) is 0 Å². The van der Waals surface area contributed by atoms with E-state index in [1.165, 1.54) is 15.9 Å². The summed E-state index contributed by atoms with van der Waals surface area (Å²) >= 11 is 0. The molecule has 3 aliphatic rings. The Morgan fingerprint density at radius 3 is 2.49 bits per heavy atom. The quantitative estimate of drug-likeness (QED) is 0.491. The highest BCUT2D eigenvalue weighted by molar-refractivity contribution is 6.20. The van der Waals surface area contributed by atoms with E-state index in [0.29, 0.717) is 30.5 Å². The van der Waals surface area contributed by atoms with Gasteiger partial charge in [0.2, 0.25) is 11.8 Å². The number of alkyl halides is 3. The fourth-order valence-electron chi connectivity index (χ4n) is 5.20. The Morgan fingerprint density at radius 1 is 1.03 bits per heavy atom. The molecule has 1 atom stereocenters. The predicted molar refractivity (Wildman–Crippen MR) is 135 cm³/mol. The zero-order valence-corrected chi connectivity index (χ0v) is 20.6. The average molecular weight is 509 g/mol.